The van der Waals surface area contributed by atoms with Crippen LogP contribution in [0.1, 0.15) is 35.3 Å². The summed E-state index contributed by atoms with van der Waals surface area (Å²) in [6.07, 6.45) is -4.59. The van der Waals surface area contributed by atoms with Gasteiger partial charge >= 0.3 is 6.18 Å². The number of carbonyl (C=O) groups is 1. The smallest absolute Gasteiger partial charge is 0.350 e. The lowest BCUT2D eigenvalue weighted by Gasteiger charge is -2.14. The maximum Gasteiger partial charge on any atom is 0.416 e. The minimum Gasteiger partial charge on any atom is -0.350 e. The highest BCUT2D eigenvalue weighted by Crippen LogP contribution is 2.31. The maximum absolute atomic E-state index is 12.8. The summed E-state index contributed by atoms with van der Waals surface area (Å²) in [5.74, 6) is -0.432. The van der Waals surface area contributed by atoms with Crippen molar-refractivity contribution in [1.82, 2.24) is 5.32 Å². The van der Waals surface area contributed by atoms with Gasteiger partial charge in [-0.1, -0.05) is 12.1 Å². The van der Waals surface area contributed by atoms with Crippen LogP contribution in [-0.4, -0.2) is 20.4 Å². The summed E-state index contributed by atoms with van der Waals surface area (Å²) in [5.41, 5.74) is -0.441. The molecule has 0 atom stereocenters. The molecule has 1 amide bonds. The SMILES string of the molecule is Cc1ccc(S(=O)(=O)Nc2cccc(C(F)(F)F)c2)cc1C(=O)NC(C)C. The van der Waals surface area contributed by atoms with Crippen molar-refractivity contribution in [3.63, 3.8) is 0 Å². The number of anilines is 1. The molecule has 0 heterocycles. The number of rotatable bonds is 5. The number of benzene rings is 2. The number of nitrogens with one attached hydrogen (secondary N) is 2. The average Bonchev–Trinajstić information content (AvgIpc) is 2.53. The van der Waals surface area contributed by atoms with Gasteiger partial charge in [-0.15, -0.1) is 0 Å². The molecule has 0 saturated carbocycles. The van der Waals surface area contributed by atoms with Crippen LogP contribution in [0, 0.1) is 6.92 Å². The van der Waals surface area contributed by atoms with Crippen molar-refractivity contribution in [1.29, 1.82) is 0 Å². The van der Waals surface area contributed by atoms with Crippen LogP contribution in [0.4, 0.5) is 18.9 Å². The Hall–Kier alpha value is -2.55. The van der Waals surface area contributed by atoms with Crippen molar-refractivity contribution in [2.24, 2.45) is 0 Å². The summed E-state index contributed by atoms with van der Waals surface area (Å²) in [7, 11) is -4.17. The molecule has 0 fully saturated rings. The Balaban J connectivity index is 2.36. The Kier molecular flexibility index (Phi) is 5.84. The van der Waals surface area contributed by atoms with Crippen LogP contribution in [0.25, 0.3) is 0 Å². The summed E-state index contributed by atoms with van der Waals surface area (Å²) in [5, 5.41) is 2.67. The van der Waals surface area contributed by atoms with E-state index in [4.69, 9.17) is 0 Å². The zero-order chi connectivity index (χ0) is 20.4. The molecule has 0 aliphatic rings. The van der Waals surface area contributed by atoms with Crippen LogP contribution in [0.3, 0.4) is 0 Å². The molecule has 5 nitrogen and oxygen atoms in total. The van der Waals surface area contributed by atoms with Gasteiger partial charge in [0.05, 0.1) is 10.5 Å². The van der Waals surface area contributed by atoms with Crippen LogP contribution in [-0.2, 0) is 16.2 Å². The third-order valence-electron chi connectivity index (χ3n) is 3.63. The predicted molar refractivity (Wildman–Crippen MR) is 96.0 cm³/mol. The molecule has 2 aromatic rings. The number of aryl methyl sites for hydroxylation is 1. The van der Waals surface area contributed by atoms with E-state index in [-0.39, 0.29) is 22.2 Å². The molecule has 2 rings (SSSR count). The Labute approximate surface area is 155 Å². The Morgan fingerprint density at radius 3 is 2.33 bits per heavy atom. The van der Waals surface area contributed by atoms with Crippen LogP contribution in [0.2, 0.25) is 0 Å². The molecule has 0 unspecified atom stereocenters. The van der Waals surface area contributed by atoms with Crippen LogP contribution < -0.4 is 10.0 Å². The molecule has 0 aliphatic heterocycles. The van der Waals surface area contributed by atoms with Gasteiger partial charge in [0.25, 0.3) is 15.9 Å². The zero-order valence-electron chi connectivity index (χ0n) is 14.9. The fourth-order valence-corrected chi connectivity index (χ4v) is 3.40. The van der Waals surface area contributed by atoms with E-state index in [1.807, 2.05) is 0 Å². The second kappa shape index (κ2) is 7.59. The third kappa shape index (κ3) is 5.22. The van der Waals surface area contributed by atoms with Gasteiger partial charge < -0.3 is 5.32 Å². The highest BCUT2D eigenvalue weighted by molar-refractivity contribution is 7.92. The molecular formula is C18H19F3N2O3S. The Morgan fingerprint density at radius 2 is 1.74 bits per heavy atom. The molecule has 0 spiro atoms. The average molecular weight is 400 g/mol. The molecule has 9 heteroatoms. The van der Waals surface area contributed by atoms with Crippen LogP contribution >= 0.6 is 0 Å². The predicted octanol–water partition coefficient (Wildman–Crippen LogP) is 3.95. The van der Waals surface area contributed by atoms with Gasteiger partial charge in [-0.2, -0.15) is 13.2 Å². The van der Waals surface area contributed by atoms with E-state index in [0.717, 1.165) is 12.1 Å². The topological polar surface area (TPSA) is 75.3 Å². The summed E-state index contributed by atoms with van der Waals surface area (Å²) in [6, 6.07) is 7.69. The molecule has 2 N–H and O–H groups in total. The number of hydrogen-bond donors (Lipinski definition) is 2. The molecule has 0 radical (unpaired) electrons. The monoisotopic (exact) mass is 400 g/mol. The standard InChI is InChI=1S/C18H19F3N2O3S/c1-11(2)22-17(24)16-10-15(8-7-12(16)3)27(25,26)23-14-6-4-5-13(9-14)18(19,20)21/h4-11,23H,1-3H3,(H,22,24). The first kappa shape index (κ1) is 20.8. The summed E-state index contributed by atoms with van der Waals surface area (Å²) < 4.78 is 65.6. The number of amides is 1. The lowest BCUT2D eigenvalue weighted by Crippen LogP contribution is -2.30. The molecule has 0 aliphatic carbocycles. The highest BCUT2D eigenvalue weighted by Gasteiger charge is 2.30. The second-order valence-corrected chi connectivity index (χ2v) is 7.97. The first-order chi connectivity index (χ1) is 12.4. The fraction of sp³-hybridized carbons (Fsp3) is 0.278. The van der Waals surface area contributed by atoms with Crippen molar-refractivity contribution in [2.75, 3.05) is 4.72 Å². The first-order valence-corrected chi connectivity index (χ1v) is 9.50. The lowest BCUT2D eigenvalue weighted by molar-refractivity contribution is -0.137. The number of hydrogen-bond acceptors (Lipinski definition) is 3. The quantitative estimate of drug-likeness (QED) is 0.798. The number of sulfonamides is 1. The first-order valence-electron chi connectivity index (χ1n) is 8.02. The summed E-state index contributed by atoms with van der Waals surface area (Å²) >= 11 is 0. The van der Waals surface area contributed by atoms with Crippen LogP contribution in [0.5, 0.6) is 0 Å². The Morgan fingerprint density at radius 1 is 1.07 bits per heavy atom. The van der Waals surface area contributed by atoms with Crippen molar-refractivity contribution in [2.45, 2.75) is 37.9 Å². The van der Waals surface area contributed by atoms with Gasteiger partial charge in [0, 0.05) is 17.3 Å². The lowest BCUT2D eigenvalue weighted by atomic mass is 10.1. The van der Waals surface area contributed by atoms with Crippen molar-refractivity contribution in [3.05, 3.63) is 59.2 Å². The van der Waals surface area contributed by atoms with Gasteiger partial charge in [-0.25, -0.2) is 8.42 Å². The Bertz CT molecular complexity index is 955. The third-order valence-corrected chi connectivity index (χ3v) is 5.00. The van der Waals surface area contributed by atoms with E-state index in [1.54, 1.807) is 20.8 Å². The van der Waals surface area contributed by atoms with Crippen molar-refractivity contribution >= 4 is 21.6 Å². The van der Waals surface area contributed by atoms with Crippen LogP contribution in [0.15, 0.2) is 47.4 Å². The minimum absolute atomic E-state index is 0.139. The second-order valence-electron chi connectivity index (χ2n) is 6.29. The highest BCUT2D eigenvalue weighted by atomic mass is 32.2. The van der Waals surface area contributed by atoms with Gasteiger partial charge in [0.15, 0.2) is 0 Å². The number of halogens is 3. The fourth-order valence-electron chi connectivity index (χ4n) is 2.33. The van der Waals surface area contributed by atoms with Gasteiger partial charge in [-0.3, -0.25) is 9.52 Å². The van der Waals surface area contributed by atoms with E-state index in [2.05, 4.69) is 10.0 Å². The molecule has 146 valence electrons. The molecule has 0 aromatic heterocycles. The van der Waals surface area contributed by atoms with E-state index in [1.165, 1.54) is 24.3 Å². The summed E-state index contributed by atoms with van der Waals surface area (Å²) in [6.45, 7) is 5.19. The van der Waals surface area contributed by atoms with E-state index >= 15 is 0 Å². The molecular weight excluding hydrogens is 381 g/mol. The maximum atomic E-state index is 12.8. The molecule has 0 saturated heterocycles. The normalized spacial score (nSPS) is 12.1. The molecule has 2 aromatic carbocycles. The molecule has 0 bridgehead atoms. The van der Waals surface area contributed by atoms with E-state index in [9.17, 15) is 26.4 Å². The largest absolute Gasteiger partial charge is 0.416 e. The van der Waals surface area contributed by atoms with E-state index < -0.39 is 27.7 Å². The molecule has 27 heavy (non-hydrogen) atoms. The van der Waals surface area contributed by atoms with Gasteiger partial charge in [-0.05, 0) is 56.7 Å². The summed E-state index contributed by atoms with van der Waals surface area (Å²) in [4.78, 5) is 12.0. The van der Waals surface area contributed by atoms with Crippen molar-refractivity contribution < 1.29 is 26.4 Å². The number of carbonyl (C=O) groups excluding carboxylic acids is 1. The minimum atomic E-state index is -4.59. The van der Waals surface area contributed by atoms with Gasteiger partial charge in [0.2, 0.25) is 0 Å². The zero-order valence-corrected chi connectivity index (χ0v) is 15.7. The van der Waals surface area contributed by atoms with Crippen molar-refractivity contribution in [3.8, 4) is 0 Å². The van der Waals surface area contributed by atoms with E-state index in [0.29, 0.717) is 11.6 Å². The van der Waals surface area contributed by atoms with Gasteiger partial charge in [0.1, 0.15) is 0 Å². The number of alkyl halides is 3.